The number of hydrogen-bond acceptors (Lipinski definition) is 3. The summed E-state index contributed by atoms with van der Waals surface area (Å²) in [6.45, 7) is 2.02. The molecule has 0 N–H and O–H groups in total. The minimum absolute atomic E-state index is 0.150. The van der Waals surface area contributed by atoms with E-state index in [0.717, 1.165) is 11.3 Å². The molecule has 0 aromatic heterocycles. The molecule has 0 spiro atoms. The van der Waals surface area contributed by atoms with Crippen molar-refractivity contribution in [3.8, 4) is 0 Å². The van der Waals surface area contributed by atoms with Crippen LogP contribution in [-0.4, -0.2) is 44.4 Å². The van der Waals surface area contributed by atoms with Gasteiger partial charge < -0.3 is 4.90 Å². The number of Topliss-reactive ketones (excluding diaryl/α,β-unsaturated/α-hetero) is 1. The summed E-state index contributed by atoms with van der Waals surface area (Å²) in [6, 6.07) is 18.0. The van der Waals surface area contributed by atoms with Crippen molar-refractivity contribution < 1.29 is 4.79 Å². The number of carbonyl (C=O) groups excluding carboxylic acids is 1. The van der Waals surface area contributed by atoms with Crippen LogP contribution >= 0.6 is 0 Å². The summed E-state index contributed by atoms with van der Waals surface area (Å²) < 4.78 is 0. The second-order valence-electron chi connectivity index (χ2n) is 6.60. The molecule has 2 rings (SSSR count). The van der Waals surface area contributed by atoms with Crippen molar-refractivity contribution in [3.05, 3.63) is 65.7 Å². The summed E-state index contributed by atoms with van der Waals surface area (Å²) in [4.78, 5) is 17.2. The first-order valence-corrected chi connectivity index (χ1v) is 7.88. The molecule has 1 atom stereocenters. The van der Waals surface area contributed by atoms with Crippen LogP contribution in [0.1, 0.15) is 22.8 Å². The zero-order valence-electron chi connectivity index (χ0n) is 14.7. The van der Waals surface area contributed by atoms with Crippen molar-refractivity contribution in [1.82, 2.24) is 4.90 Å². The number of likely N-dealkylation sites (N-methyl/N-ethyl adjacent to an activating group) is 1. The second kappa shape index (κ2) is 6.97. The Labute approximate surface area is 139 Å². The molecule has 0 heterocycles. The zero-order valence-corrected chi connectivity index (χ0v) is 14.7. The Bertz CT molecular complexity index is 647. The largest absolute Gasteiger partial charge is 0.378 e. The molecule has 23 heavy (non-hydrogen) atoms. The van der Waals surface area contributed by atoms with Crippen LogP contribution in [0.4, 0.5) is 5.69 Å². The molecule has 0 aliphatic carbocycles. The second-order valence-corrected chi connectivity index (χ2v) is 6.60. The highest BCUT2D eigenvalue weighted by atomic mass is 16.1. The normalized spacial score (nSPS) is 13.7. The summed E-state index contributed by atoms with van der Waals surface area (Å²) >= 11 is 0. The van der Waals surface area contributed by atoms with Crippen LogP contribution in [0, 0.1) is 0 Å². The molecule has 0 aliphatic heterocycles. The van der Waals surface area contributed by atoms with E-state index in [1.807, 2.05) is 87.4 Å². The molecule has 0 bridgehead atoms. The van der Waals surface area contributed by atoms with E-state index in [4.69, 9.17) is 0 Å². The van der Waals surface area contributed by atoms with Crippen molar-refractivity contribution in [1.29, 1.82) is 0 Å². The lowest BCUT2D eigenvalue weighted by molar-refractivity contribution is 0.0719. The van der Waals surface area contributed by atoms with E-state index in [0.29, 0.717) is 6.42 Å². The number of ketones is 1. The van der Waals surface area contributed by atoms with Crippen LogP contribution < -0.4 is 4.90 Å². The van der Waals surface area contributed by atoms with Gasteiger partial charge in [0.05, 0.1) is 5.54 Å². The topological polar surface area (TPSA) is 23.6 Å². The van der Waals surface area contributed by atoms with Gasteiger partial charge in [-0.2, -0.15) is 0 Å². The summed E-state index contributed by atoms with van der Waals surface area (Å²) in [6.07, 6.45) is 0.690. The fourth-order valence-electron chi connectivity index (χ4n) is 2.66. The molecule has 2 aromatic carbocycles. The van der Waals surface area contributed by atoms with Crippen LogP contribution in [0.5, 0.6) is 0 Å². The lowest BCUT2D eigenvalue weighted by Crippen LogP contribution is -2.50. The summed E-state index contributed by atoms with van der Waals surface area (Å²) in [5.74, 6) is 0.150. The highest BCUT2D eigenvalue weighted by Gasteiger charge is 2.36. The third kappa shape index (κ3) is 3.80. The predicted molar refractivity (Wildman–Crippen MR) is 97.3 cm³/mol. The van der Waals surface area contributed by atoms with E-state index >= 15 is 0 Å². The smallest absolute Gasteiger partial charge is 0.183 e. The number of carbonyl (C=O) groups is 1. The highest BCUT2D eigenvalue weighted by Crippen LogP contribution is 2.25. The van der Waals surface area contributed by atoms with Crippen molar-refractivity contribution in [2.75, 3.05) is 33.1 Å². The minimum Gasteiger partial charge on any atom is -0.378 e. The molecule has 1 unspecified atom stereocenters. The molecule has 0 aliphatic rings. The van der Waals surface area contributed by atoms with Crippen LogP contribution in [-0.2, 0) is 6.42 Å². The van der Waals surface area contributed by atoms with Crippen molar-refractivity contribution in [2.24, 2.45) is 0 Å². The maximum atomic E-state index is 13.1. The number of benzene rings is 2. The molecular weight excluding hydrogens is 284 g/mol. The van der Waals surface area contributed by atoms with Gasteiger partial charge in [-0.25, -0.2) is 0 Å². The maximum Gasteiger partial charge on any atom is 0.183 e. The van der Waals surface area contributed by atoms with Crippen molar-refractivity contribution in [3.63, 3.8) is 0 Å². The van der Waals surface area contributed by atoms with Gasteiger partial charge in [-0.15, -0.1) is 0 Å². The van der Waals surface area contributed by atoms with Gasteiger partial charge in [-0.1, -0.05) is 30.3 Å². The molecule has 2 aromatic rings. The fourth-order valence-corrected chi connectivity index (χ4v) is 2.66. The lowest BCUT2D eigenvalue weighted by Gasteiger charge is -2.35. The molecule has 0 fully saturated rings. The third-order valence-corrected chi connectivity index (χ3v) is 4.51. The van der Waals surface area contributed by atoms with Crippen LogP contribution in [0.25, 0.3) is 0 Å². The molecule has 0 saturated heterocycles. The maximum absolute atomic E-state index is 13.1. The predicted octanol–water partition coefficient (Wildman–Crippen LogP) is 3.50. The monoisotopic (exact) mass is 310 g/mol. The summed E-state index contributed by atoms with van der Waals surface area (Å²) in [5.41, 5.74) is 2.45. The molecule has 0 saturated carbocycles. The molecule has 122 valence electrons. The Morgan fingerprint density at radius 3 is 1.96 bits per heavy atom. The first-order chi connectivity index (χ1) is 10.8. The number of rotatable bonds is 6. The number of nitrogens with zero attached hydrogens (tertiary/aromatic N) is 2. The molecular formula is C20H26N2O. The Hall–Kier alpha value is -2.13. The van der Waals surface area contributed by atoms with Crippen LogP contribution in [0.2, 0.25) is 0 Å². The molecule has 0 amide bonds. The summed E-state index contributed by atoms with van der Waals surface area (Å²) in [5, 5.41) is 0. The average molecular weight is 310 g/mol. The van der Waals surface area contributed by atoms with Gasteiger partial charge in [0.15, 0.2) is 5.78 Å². The van der Waals surface area contributed by atoms with E-state index in [9.17, 15) is 4.79 Å². The van der Waals surface area contributed by atoms with E-state index in [2.05, 4.69) is 12.1 Å². The van der Waals surface area contributed by atoms with Gasteiger partial charge in [-0.05, 0) is 57.3 Å². The average Bonchev–Trinajstić information content (AvgIpc) is 2.55. The Morgan fingerprint density at radius 2 is 1.48 bits per heavy atom. The van der Waals surface area contributed by atoms with E-state index in [1.165, 1.54) is 5.56 Å². The molecule has 3 heteroatoms. The third-order valence-electron chi connectivity index (χ3n) is 4.51. The Balaban J connectivity index is 2.30. The van der Waals surface area contributed by atoms with E-state index in [1.54, 1.807) is 0 Å². The van der Waals surface area contributed by atoms with Crippen molar-refractivity contribution in [2.45, 2.75) is 18.9 Å². The zero-order chi connectivity index (χ0) is 17.0. The lowest BCUT2D eigenvalue weighted by atomic mass is 9.84. The van der Waals surface area contributed by atoms with Crippen LogP contribution in [0.3, 0.4) is 0 Å². The fraction of sp³-hybridized carbons (Fsp3) is 0.350. The van der Waals surface area contributed by atoms with Gasteiger partial charge in [-0.3, -0.25) is 9.69 Å². The Morgan fingerprint density at radius 1 is 0.913 bits per heavy atom. The quantitative estimate of drug-likeness (QED) is 0.763. The van der Waals surface area contributed by atoms with Crippen LogP contribution in [0.15, 0.2) is 54.6 Å². The van der Waals surface area contributed by atoms with Gasteiger partial charge in [0, 0.05) is 25.3 Å². The highest BCUT2D eigenvalue weighted by molar-refractivity contribution is 6.03. The standard InChI is InChI=1S/C20H26N2O/c1-20(22(4)5,15-16-9-7-6-8-10-16)19(23)17-11-13-18(14-12-17)21(2)3/h6-14H,15H2,1-5H3. The number of hydrogen-bond donors (Lipinski definition) is 0. The first kappa shape index (κ1) is 17.2. The Kier molecular flexibility index (Phi) is 5.22. The van der Waals surface area contributed by atoms with Gasteiger partial charge in [0.1, 0.15) is 0 Å². The summed E-state index contributed by atoms with van der Waals surface area (Å²) in [7, 11) is 7.93. The van der Waals surface area contributed by atoms with Gasteiger partial charge in [0.25, 0.3) is 0 Å². The molecule has 3 nitrogen and oxygen atoms in total. The first-order valence-electron chi connectivity index (χ1n) is 7.88. The van der Waals surface area contributed by atoms with E-state index < -0.39 is 5.54 Å². The van der Waals surface area contributed by atoms with Gasteiger partial charge in [0.2, 0.25) is 0 Å². The minimum atomic E-state index is -0.568. The van der Waals surface area contributed by atoms with E-state index in [-0.39, 0.29) is 5.78 Å². The number of anilines is 1. The van der Waals surface area contributed by atoms with Gasteiger partial charge >= 0.3 is 0 Å². The molecule has 0 radical (unpaired) electrons. The van der Waals surface area contributed by atoms with Crippen molar-refractivity contribution >= 4 is 11.5 Å². The SMILES string of the molecule is CN(C)c1ccc(C(=O)C(C)(Cc2ccccc2)N(C)C)cc1.